The van der Waals surface area contributed by atoms with Crippen molar-refractivity contribution in [2.75, 3.05) is 46.8 Å². The third-order valence-electron chi connectivity index (χ3n) is 5.92. The second-order valence-electron chi connectivity index (χ2n) is 8.25. The summed E-state index contributed by atoms with van der Waals surface area (Å²) in [5, 5.41) is 6.79. The Morgan fingerprint density at radius 2 is 1.73 bits per heavy atom. The highest BCUT2D eigenvalue weighted by Crippen LogP contribution is 2.27. The second-order valence-corrected chi connectivity index (χ2v) is 8.25. The van der Waals surface area contributed by atoms with Gasteiger partial charge in [0.05, 0.1) is 6.54 Å². The minimum atomic E-state index is 0.148. The fourth-order valence-electron chi connectivity index (χ4n) is 4.01. The lowest BCUT2D eigenvalue weighted by atomic mass is 10.1. The van der Waals surface area contributed by atoms with Crippen molar-refractivity contribution in [2.45, 2.75) is 25.6 Å². The molecule has 0 spiro atoms. The van der Waals surface area contributed by atoms with Gasteiger partial charge in [0.15, 0.2) is 5.96 Å². The smallest absolute Gasteiger partial charge is 0.191 e. The molecule has 0 saturated carbocycles. The summed E-state index contributed by atoms with van der Waals surface area (Å²) in [7, 11) is 4.00. The summed E-state index contributed by atoms with van der Waals surface area (Å²) in [6.07, 6.45) is 1.09. The van der Waals surface area contributed by atoms with E-state index in [1.165, 1.54) is 16.7 Å². The van der Waals surface area contributed by atoms with Crippen molar-refractivity contribution in [1.82, 2.24) is 20.4 Å². The molecule has 2 heterocycles. The first-order valence-corrected chi connectivity index (χ1v) is 10.9. The average molecular weight is 408 g/mol. The summed E-state index contributed by atoms with van der Waals surface area (Å²) in [4.78, 5) is 9.27. The summed E-state index contributed by atoms with van der Waals surface area (Å²) in [6, 6.07) is 17.2. The quantitative estimate of drug-likeness (QED) is 0.567. The van der Waals surface area contributed by atoms with E-state index in [0.29, 0.717) is 0 Å². The van der Waals surface area contributed by atoms with Crippen LogP contribution in [0.5, 0.6) is 5.75 Å². The first kappa shape index (κ1) is 20.7. The Morgan fingerprint density at radius 3 is 2.47 bits per heavy atom. The number of nitrogens with zero attached hydrogens (tertiary/aromatic N) is 3. The number of fused-ring (bicyclic) bond motifs is 1. The van der Waals surface area contributed by atoms with Gasteiger partial charge < -0.3 is 20.3 Å². The van der Waals surface area contributed by atoms with Gasteiger partial charge in [-0.2, -0.15) is 0 Å². The molecule has 1 saturated heterocycles. The molecular weight excluding hydrogens is 374 g/mol. The number of ether oxygens (including phenoxy) is 1. The van der Waals surface area contributed by atoms with Gasteiger partial charge in [-0.15, -0.1) is 0 Å². The molecule has 160 valence electrons. The van der Waals surface area contributed by atoms with Gasteiger partial charge in [-0.25, -0.2) is 0 Å². The van der Waals surface area contributed by atoms with Crippen LogP contribution in [0.15, 0.2) is 53.5 Å². The van der Waals surface area contributed by atoms with Crippen molar-refractivity contribution in [3.63, 3.8) is 0 Å². The van der Waals surface area contributed by atoms with Gasteiger partial charge in [-0.3, -0.25) is 9.89 Å². The highest BCUT2D eigenvalue weighted by atomic mass is 16.5. The number of rotatable bonds is 6. The molecule has 2 aliphatic heterocycles. The van der Waals surface area contributed by atoms with E-state index in [4.69, 9.17) is 4.74 Å². The molecule has 4 rings (SSSR count). The number of likely N-dealkylation sites (N-methyl/N-ethyl adjacent to an activating group) is 1. The Morgan fingerprint density at radius 1 is 1.00 bits per heavy atom. The van der Waals surface area contributed by atoms with Gasteiger partial charge in [0.1, 0.15) is 11.9 Å². The van der Waals surface area contributed by atoms with Gasteiger partial charge in [0, 0.05) is 52.7 Å². The minimum absolute atomic E-state index is 0.148. The average Bonchev–Trinajstić information content (AvgIpc) is 3.19. The lowest BCUT2D eigenvalue weighted by Crippen LogP contribution is -2.43. The molecule has 2 aliphatic rings. The maximum absolute atomic E-state index is 5.99. The number of benzene rings is 2. The minimum Gasteiger partial charge on any atom is -0.488 e. The number of nitrogens with one attached hydrogen (secondary N) is 2. The monoisotopic (exact) mass is 407 g/mol. The summed E-state index contributed by atoms with van der Waals surface area (Å²) in [6.45, 7) is 7.14. The standard InChI is InChI=1S/C24H33N5O/c1-25-24(27-17-22-15-21-5-3-4-6-23(21)30-22)26-16-19-7-9-20(10-8-19)18-29-13-11-28(2)12-14-29/h3-10,22H,11-18H2,1-2H3,(H2,25,26,27). The van der Waals surface area contributed by atoms with Crippen LogP contribution in [0.2, 0.25) is 0 Å². The molecule has 0 radical (unpaired) electrons. The Hall–Kier alpha value is -2.57. The first-order valence-electron chi connectivity index (χ1n) is 10.9. The highest BCUT2D eigenvalue weighted by Gasteiger charge is 2.22. The zero-order chi connectivity index (χ0) is 20.8. The maximum Gasteiger partial charge on any atom is 0.191 e. The Labute approximate surface area is 179 Å². The topological polar surface area (TPSA) is 52.1 Å². The fraction of sp³-hybridized carbons (Fsp3) is 0.458. The van der Waals surface area contributed by atoms with Crippen molar-refractivity contribution < 1.29 is 4.74 Å². The summed E-state index contributed by atoms with van der Waals surface area (Å²) < 4.78 is 5.99. The molecule has 0 aromatic heterocycles. The highest BCUT2D eigenvalue weighted by molar-refractivity contribution is 5.79. The number of hydrogen-bond donors (Lipinski definition) is 2. The number of aliphatic imine (C=N–C) groups is 1. The number of hydrogen-bond acceptors (Lipinski definition) is 4. The second kappa shape index (κ2) is 9.96. The van der Waals surface area contributed by atoms with E-state index in [2.05, 4.69) is 68.9 Å². The molecule has 0 bridgehead atoms. The van der Waals surface area contributed by atoms with E-state index in [-0.39, 0.29) is 6.10 Å². The largest absolute Gasteiger partial charge is 0.488 e. The fourth-order valence-corrected chi connectivity index (χ4v) is 4.01. The molecule has 6 nitrogen and oxygen atoms in total. The van der Waals surface area contributed by atoms with E-state index in [9.17, 15) is 0 Å². The van der Waals surface area contributed by atoms with Crippen molar-refractivity contribution in [2.24, 2.45) is 4.99 Å². The predicted octanol–water partition coefficient (Wildman–Crippen LogP) is 2.10. The Balaban J connectivity index is 1.20. The van der Waals surface area contributed by atoms with Gasteiger partial charge >= 0.3 is 0 Å². The van der Waals surface area contributed by atoms with Crippen LogP contribution in [0.4, 0.5) is 0 Å². The zero-order valence-corrected chi connectivity index (χ0v) is 18.1. The van der Waals surface area contributed by atoms with Crippen molar-refractivity contribution in [1.29, 1.82) is 0 Å². The molecule has 2 aromatic carbocycles. The Bertz CT molecular complexity index is 818. The summed E-state index contributed by atoms with van der Waals surface area (Å²) in [5.41, 5.74) is 3.91. The SMILES string of the molecule is CN=C(NCc1ccc(CN2CCN(C)CC2)cc1)NCC1Cc2ccccc2O1. The van der Waals surface area contributed by atoms with Gasteiger partial charge in [0.25, 0.3) is 0 Å². The maximum atomic E-state index is 5.99. The summed E-state index contributed by atoms with van der Waals surface area (Å²) in [5.74, 6) is 1.81. The van der Waals surface area contributed by atoms with Crippen LogP contribution in [-0.2, 0) is 19.5 Å². The van der Waals surface area contributed by atoms with Crippen LogP contribution >= 0.6 is 0 Å². The van der Waals surface area contributed by atoms with Crippen LogP contribution in [-0.4, -0.2) is 68.7 Å². The van der Waals surface area contributed by atoms with E-state index in [0.717, 1.165) is 63.9 Å². The predicted molar refractivity (Wildman–Crippen MR) is 122 cm³/mol. The summed E-state index contributed by atoms with van der Waals surface area (Å²) >= 11 is 0. The number of piperazine rings is 1. The van der Waals surface area contributed by atoms with Gasteiger partial charge in [-0.05, 0) is 29.8 Å². The van der Waals surface area contributed by atoms with Gasteiger partial charge in [-0.1, -0.05) is 42.5 Å². The molecule has 1 fully saturated rings. The van der Waals surface area contributed by atoms with Crippen LogP contribution < -0.4 is 15.4 Å². The number of para-hydroxylation sites is 1. The van der Waals surface area contributed by atoms with Crippen molar-refractivity contribution in [3.05, 3.63) is 65.2 Å². The molecule has 6 heteroatoms. The van der Waals surface area contributed by atoms with Crippen molar-refractivity contribution >= 4 is 5.96 Å². The van der Waals surface area contributed by atoms with Gasteiger partial charge in [0.2, 0.25) is 0 Å². The molecule has 0 amide bonds. The van der Waals surface area contributed by atoms with Crippen LogP contribution in [0, 0.1) is 0 Å². The molecular formula is C24H33N5O. The van der Waals surface area contributed by atoms with Crippen molar-refractivity contribution in [3.8, 4) is 5.75 Å². The van der Waals surface area contributed by atoms with E-state index >= 15 is 0 Å². The molecule has 2 aromatic rings. The third kappa shape index (κ3) is 5.52. The lowest BCUT2D eigenvalue weighted by Gasteiger charge is -2.32. The third-order valence-corrected chi connectivity index (χ3v) is 5.92. The molecule has 1 unspecified atom stereocenters. The molecule has 2 N–H and O–H groups in total. The molecule has 1 atom stereocenters. The normalized spacial score (nSPS) is 19.9. The number of guanidine groups is 1. The first-order chi connectivity index (χ1) is 14.7. The van der Waals surface area contributed by atoms with Crippen LogP contribution in [0.3, 0.4) is 0 Å². The van der Waals surface area contributed by atoms with E-state index < -0.39 is 0 Å². The van der Waals surface area contributed by atoms with E-state index in [1.54, 1.807) is 7.05 Å². The van der Waals surface area contributed by atoms with Crippen LogP contribution in [0.25, 0.3) is 0 Å². The zero-order valence-electron chi connectivity index (χ0n) is 18.1. The van der Waals surface area contributed by atoms with E-state index in [1.807, 2.05) is 12.1 Å². The Kier molecular flexibility index (Phi) is 6.87. The molecule has 0 aliphatic carbocycles. The molecule has 30 heavy (non-hydrogen) atoms. The lowest BCUT2D eigenvalue weighted by molar-refractivity contribution is 0.148. The van der Waals surface area contributed by atoms with Crippen LogP contribution in [0.1, 0.15) is 16.7 Å².